The van der Waals surface area contributed by atoms with Crippen LogP contribution in [0.5, 0.6) is 0 Å². The van der Waals surface area contributed by atoms with Crippen LogP contribution >= 0.6 is 0 Å². The third-order valence-electron chi connectivity index (χ3n) is 1.91. The molecule has 0 spiro atoms. The van der Waals surface area contributed by atoms with Crippen LogP contribution in [0.2, 0.25) is 0 Å². The van der Waals surface area contributed by atoms with Crippen molar-refractivity contribution in [3.05, 3.63) is 66.4 Å². The fourth-order valence-corrected chi connectivity index (χ4v) is 1.21. The molecule has 0 aliphatic carbocycles. The summed E-state index contributed by atoms with van der Waals surface area (Å²) >= 11 is 0. The van der Waals surface area contributed by atoms with Crippen molar-refractivity contribution in [2.45, 2.75) is 6.92 Å². The zero-order valence-electron chi connectivity index (χ0n) is 8.40. The minimum Gasteiger partial charge on any atom is -0.405 e. The van der Waals surface area contributed by atoms with E-state index in [1.165, 1.54) is 6.20 Å². The molecular formula is C13H15N. The highest BCUT2D eigenvalue weighted by Crippen LogP contribution is 2.14. The van der Waals surface area contributed by atoms with Gasteiger partial charge in [0.25, 0.3) is 0 Å². The summed E-state index contributed by atoms with van der Waals surface area (Å²) in [6.07, 6.45) is 5.40. The van der Waals surface area contributed by atoms with Crippen LogP contribution in [-0.4, -0.2) is 0 Å². The first kappa shape index (κ1) is 10.3. The van der Waals surface area contributed by atoms with Gasteiger partial charge < -0.3 is 5.73 Å². The summed E-state index contributed by atoms with van der Waals surface area (Å²) in [6.45, 7) is 5.99. The minimum absolute atomic E-state index is 1.00. The highest BCUT2D eigenvalue weighted by Gasteiger charge is 1.93. The van der Waals surface area contributed by atoms with Gasteiger partial charge in [0, 0.05) is 0 Å². The third-order valence-corrected chi connectivity index (χ3v) is 1.91. The molecule has 1 heteroatoms. The van der Waals surface area contributed by atoms with E-state index in [1.54, 1.807) is 0 Å². The van der Waals surface area contributed by atoms with Gasteiger partial charge in [0.1, 0.15) is 0 Å². The first-order valence-electron chi connectivity index (χ1n) is 4.55. The van der Waals surface area contributed by atoms with Crippen LogP contribution in [0.25, 0.3) is 5.57 Å². The van der Waals surface area contributed by atoms with Gasteiger partial charge in [-0.15, -0.1) is 0 Å². The summed E-state index contributed by atoms with van der Waals surface area (Å²) in [5.74, 6) is 0. The molecular weight excluding hydrogens is 170 g/mol. The summed E-state index contributed by atoms with van der Waals surface area (Å²) in [6, 6.07) is 10.1. The van der Waals surface area contributed by atoms with Crippen molar-refractivity contribution in [2.24, 2.45) is 5.73 Å². The van der Waals surface area contributed by atoms with E-state index >= 15 is 0 Å². The van der Waals surface area contributed by atoms with Crippen LogP contribution in [-0.2, 0) is 0 Å². The molecule has 0 atom stereocenters. The topological polar surface area (TPSA) is 26.0 Å². The average molecular weight is 185 g/mol. The SMILES string of the molecule is C=C(/C=C(C)\C=C/N)c1ccccc1. The van der Waals surface area contributed by atoms with Crippen molar-refractivity contribution < 1.29 is 0 Å². The van der Waals surface area contributed by atoms with E-state index in [0.29, 0.717) is 0 Å². The Kier molecular flexibility index (Phi) is 3.74. The second-order valence-electron chi connectivity index (χ2n) is 3.14. The van der Waals surface area contributed by atoms with Crippen molar-refractivity contribution in [3.8, 4) is 0 Å². The number of hydrogen-bond acceptors (Lipinski definition) is 1. The normalized spacial score (nSPS) is 11.9. The molecule has 0 heterocycles. The van der Waals surface area contributed by atoms with E-state index in [9.17, 15) is 0 Å². The van der Waals surface area contributed by atoms with Gasteiger partial charge >= 0.3 is 0 Å². The highest BCUT2D eigenvalue weighted by atomic mass is 14.5. The average Bonchev–Trinajstić information content (AvgIpc) is 2.19. The van der Waals surface area contributed by atoms with Crippen molar-refractivity contribution >= 4 is 5.57 Å². The monoisotopic (exact) mass is 185 g/mol. The molecule has 1 rings (SSSR count). The molecule has 1 nitrogen and oxygen atoms in total. The molecule has 72 valence electrons. The number of nitrogens with two attached hydrogens (primary N) is 1. The quantitative estimate of drug-likeness (QED) is 0.719. The maximum atomic E-state index is 5.29. The number of allylic oxidation sites excluding steroid dienone is 4. The Balaban J connectivity index is 2.83. The summed E-state index contributed by atoms with van der Waals surface area (Å²) in [7, 11) is 0. The molecule has 0 amide bonds. The van der Waals surface area contributed by atoms with E-state index in [2.05, 4.69) is 6.58 Å². The fourth-order valence-electron chi connectivity index (χ4n) is 1.21. The van der Waals surface area contributed by atoms with Gasteiger partial charge in [0.15, 0.2) is 0 Å². The standard InChI is InChI=1S/C13H15N/c1-11(8-9-14)10-12(2)13-6-4-3-5-7-13/h3-10H,2,14H2,1H3/b9-8-,11-10-. The Bertz CT molecular complexity index is 358. The molecule has 0 unspecified atom stereocenters. The minimum atomic E-state index is 1.00. The van der Waals surface area contributed by atoms with Crippen LogP contribution in [0.1, 0.15) is 12.5 Å². The van der Waals surface area contributed by atoms with Gasteiger partial charge in [-0.3, -0.25) is 0 Å². The van der Waals surface area contributed by atoms with E-state index in [1.807, 2.05) is 49.4 Å². The Labute approximate surface area is 85.3 Å². The Morgan fingerprint density at radius 3 is 2.50 bits per heavy atom. The molecule has 0 bridgehead atoms. The molecule has 0 aromatic heterocycles. The zero-order chi connectivity index (χ0) is 10.4. The van der Waals surface area contributed by atoms with E-state index in [4.69, 9.17) is 5.73 Å². The van der Waals surface area contributed by atoms with Crippen LogP contribution < -0.4 is 5.73 Å². The molecule has 0 fully saturated rings. The summed E-state index contributed by atoms with van der Waals surface area (Å²) < 4.78 is 0. The van der Waals surface area contributed by atoms with Gasteiger partial charge in [-0.1, -0.05) is 43.0 Å². The van der Waals surface area contributed by atoms with Crippen molar-refractivity contribution in [2.75, 3.05) is 0 Å². The van der Waals surface area contributed by atoms with E-state index in [0.717, 1.165) is 16.7 Å². The highest BCUT2D eigenvalue weighted by molar-refractivity contribution is 5.72. The largest absolute Gasteiger partial charge is 0.405 e. The molecule has 0 aliphatic rings. The maximum absolute atomic E-state index is 5.29. The van der Waals surface area contributed by atoms with Gasteiger partial charge in [0.2, 0.25) is 0 Å². The first-order chi connectivity index (χ1) is 6.74. The van der Waals surface area contributed by atoms with Crippen LogP contribution in [0.15, 0.2) is 60.8 Å². The second kappa shape index (κ2) is 5.07. The lowest BCUT2D eigenvalue weighted by molar-refractivity contribution is 1.47. The van der Waals surface area contributed by atoms with Crippen molar-refractivity contribution in [1.82, 2.24) is 0 Å². The number of benzene rings is 1. The molecule has 14 heavy (non-hydrogen) atoms. The van der Waals surface area contributed by atoms with E-state index < -0.39 is 0 Å². The second-order valence-corrected chi connectivity index (χ2v) is 3.14. The molecule has 2 N–H and O–H groups in total. The smallest absolute Gasteiger partial charge is 0.00597 e. The van der Waals surface area contributed by atoms with E-state index in [-0.39, 0.29) is 0 Å². The molecule has 1 aromatic carbocycles. The molecule has 0 saturated carbocycles. The zero-order valence-corrected chi connectivity index (χ0v) is 8.40. The lowest BCUT2D eigenvalue weighted by Gasteiger charge is -2.00. The molecule has 1 aromatic rings. The first-order valence-corrected chi connectivity index (χ1v) is 4.55. The predicted molar refractivity (Wildman–Crippen MR) is 62.6 cm³/mol. The Morgan fingerprint density at radius 2 is 1.93 bits per heavy atom. The van der Waals surface area contributed by atoms with Crippen molar-refractivity contribution in [1.29, 1.82) is 0 Å². The number of hydrogen-bond donors (Lipinski definition) is 1. The third kappa shape index (κ3) is 2.94. The maximum Gasteiger partial charge on any atom is -0.00597 e. The Hall–Kier alpha value is -1.76. The predicted octanol–water partition coefficient (Wildman–Crippen LogP) is 3.12. The summed E-state index contributed by atoms with van der Waals surface area (Å²) in [5.41, 5.74) is 8.53. The molecule has 0 aliphatic heterocycles. The van der Waals surface area contributed by atoms with Crippen LogP contribution in [0, 0.1) is 0 Å². The van der Waals surface area contributed by atoms with Gasteiger partial charge in [-0.25, -0.2) is 0 Å². The van der Waals surface area contributed by atoms with Crippen LogP contribution in [0.3, 0.4) is 0 Å². The lowest BCUT2D eigenvalue weighted by Crippen LogP contribution is -1.81. The van der Waals surface area contributed by atoms with Gasteiger partial charge in [-0.2, -0.15) is 0 Å². The van der Waals surface area contributed by atoms with Gasteiger partial charge in [0.05, 0.1) is 0 Å². The van der Waals surface area contributed by atoms with Gasteiger partial charge in [-0.05, 0) is 35.9 Å². The number of rotatable bonds is 3. The summed E-state index contributed by atoms with van der Waals surface area (Å²) in [4.78, 5) is 0. The lowest BCUT2D eigenvalue weighted by atomic mass is 10.1. The summed E-state index contributed by atoms with van der Waals surface area (Å²) in [5, 5.41) is 0. The van der Waals surface area contributed by atoms with Crippen molar-refractivity contribution in [3.63, 3.8) is 0 Å². The molecule has 0 saturated heterocycles. The fraction of sp³-hybridized carbons (Fsp3) is 0.0769. The van der Waals surface area contributed by atoms with Crippen LogP contribution in [0.4, 0.5) is 0 Å². The Morgan fingerprint density at radius 1 is 1.29 bits per heavy atom. The molecule has 0 radical (unpaired) electrons.